The molecule has 1 aromatic heterocycles. The number of Topliss-reactive ketones (excluding diaryl/α,β-unsaturated/α-hetero) is 1. The number of anilines is 1. The van der Waals surface area contributed by atoms with Gasteiger partial charge in [0.2, 0.25) is 11.1 Å². The molecule has 0 spiro atoms. The normalized spacial score (nSPS) is 22.2. The van der Waals surface area contributed by atoms with Crippen LogP contribution in [0.4, 0.5) is 5.95 Å². The van der Waals surface area contributed by atoms with Gasteiger partial charge in [0.05, 0.1) is 12.0 Å². The molecule has 2 aliphatic rings. The molecule has 1 aliphatic heterocycles. The van der Waals surface area contributed by atoms with Gasteiger partial charge in [-0.1, -0.05) is 56.0 Å². The van der Waals surface area contributed by atoms with Gasteiger partial charge in [-0.2, -0.15) is 4.98 Å². The second-order valence-corrected chi connectivity index (χ2v) is 7.67. The van der Waals surface area contributed by atoms with Crippen LogP contribution in [0.5, 0.6) is 0 Å². The minimum atomic E-state index is -0.206. The summed E-state index contributed by atoms with van der Waals surface area (Å²) < 4.78 is 1.89. The summed E-state index contributed by atoms with van der Waals surface area (Å²) in [6, 6.07) is 8.45. The summed E-state index contributed by atoms with van der Waals surface area (Å²) in [4.78, 5) is 17.3. The molecule has 1 aliphatic carbocycles. The number of ketones is 1. The Hall–Kier alpha value is -2.08. The van der Waals surface area contributed by atoms with Crippen molar-refractivity contribution in [3.8, 4) is 0 Å². The van der Waals surface area contributed by atoms with Crippen LogP contribution in [-0.2, 0) is 4.79 Å². The number of allylic oxidation sites excluding steroid dienone is 2. The molecule has 2 atom stereocenters. The Morgan fingerprint density at radius 3 is 2.72 bits per heavy atom. The number of benzene rings is 1. The summed E-state index contributed by atoms with van der Waals surface area (Å²) in [6.45, 7) is 4.37. The number of hydrogen-bond donors (Lipinski definition) is 1. The molecule has 0 saturated carbocycles. The van der Waals surface area contributed by atoms with E-state index < -0.39 is 0 Å². The zero-order chi connectivity index (χ0) is 17.6. The third-order valence-corrected chi connectivity index (χ3v) is 5.55. The highest BCUT2D eigenvalue weighted by Crippen LogP contribution is 2.41. The van der Waals surface area contributed by atoms with Gasteiger partial charge in [-0.25, -0.2) is 4.68 Å². The van der Waals surface area contributed by atoms with Crippen LogP contribution in [-0.4, -0.2) is 26.8 Å². The van der Waals surface area contributed by atoms with E-state index in [9.17, 15) is 4.79 Å². The molecular formula is C19H22N4OS. The van der Waals surface area contributed by atoms with E-state index in [0.29, 0.717) is 12.3 Å². The SMILES string of the molecule is CSc1nc2n(n1)[C@@H](c1ccc(C(C)C)cc1)[C@@H]1C(=O)CCC=C1N2. The number of thioether (sulfide) groups is 1. The first-order valence-corrected chi connectivity index (χ1v) is 9.91. The molecule has 0 amide bonds. The highest BCUT2D eigenvalue weighted by atomic mass is 32.2. The number of hydrogen-bond acceptors (Lipinski definition) is 5. The van der Waals surface area contributed by atoms with Crippen LogP contribution in [0.2, 0.25) is 0 Å². The molecule has 2 aromatic rings. The van der Waals surface area contributed by atoms with Gasteiger partial charge in [0, 0.05) is 12.1 Å². The Kier molecular flexibility index (Phi) is 4.15. The van der Waals surface area contributed by atoms with Crippen molar-refractivity contribution in [3.63, 3.8) is 0 Å². The summed E-state index contributed by atoms with van der Waals surface area (Å²) in [5.41, 5.74) is 3.38. The predicted octanol–water partition coefficient (Wildman–Crippen LogP) is 4.00. The number of fused-ring (bicyclic) bond motifs is 2. The highest BCUT2D eigenvalue weighted by Gasteiger charge is 2.41. The average Bonchev–Trinajstić information content (AvgIpc) is 3.03. The quantitative estimate of drug-likeness (QED) is 0.844. The van der Waals surface area contributed by atoms with Crippen molar-refractivity contribution in [2.24, 2.45) is 5.92 Å². The summed E-state index contributed by atoms with van der Waals surface area (Å²) in [5, 5.41) is 8.69. The van der Waals surface area contributed by atoms with E-state index in [1.807, 2.05) is 10.9 Å². The highest BCUT2D eigenvalue weighted by molar-refractivity contribution is 7.98. The number of carbonyl (C=O) groups excluding carboxylic acids is 1. The summed E-state index contributed by atoms with van der Waals surface area (Å²) >= 11 is 1.51. The fraction of sp³-hybridized carbons (Fsp3) is 0.421. The minimum absolute atomic E-state index is 0.134. The van der Waals surface area contributed by atoms with Crippen molar-refractivity contribution in [2.75, 3.05) is 11.6 Å². The molecule has 6 heteroatoms. The van der Waals surface area contributed by atoms with Gasteiger partial charge < -0.3 is 5.32 Å². The first kappa shape index (κ1) is 16.4. The molecule has 0 radical (unpaired) electrons. The standard InChI is InChI=1S/C19H22N4OS/c1-11(2)12-7-9-13(10-8-12)17-16-14(5-4-6-15(16)24)20-18-21-19(25-3)22-23(17)18/h5,7-11,16-17H,4,6H2,1-3H3,(H,20,21,22)/t16-,17-/m0/s1. The van der Waals surface area contributed by atoms with Crippen molar-refractivity contribution in [1.82, 2.24) is 14.8 Å². The summed E-state index contributed by atoms with van der Waals surface area (Å²) in [7, 11) is 0. The number of nitrogens with one attached hydrogen (secondary N) is 1. The summed E-state index contributed by atoms with van der Waals surface area (Å²) in [6.07, 6.45) is 5.49. The predicted molar refractivity (Wildman–Crippen MR) is 99.9 cm³/mol. The topological polar surface area (TPSA) is 59.8 Å². The van der Waals surface area contributed by atoms with E-state index in [1.54, 1.807) is 0 Å². The zero-order valence-electron chi connectivity index (χ0n) is 14.7. The molecule has 4 rings (SSSR count). The van der Waals surface area contributed by atoms with E-state index in [1.165, 1.54) is 17.3 Å². The molecule has 130 valence electrons. The average molecular weight is 354 g/mol. The van der Waals surface area contributed by atoms with Crippen LogP contribution in [0.15, 0.2) is 41.2 Å². The third kappa shape index (κ3) is 2.78. The molecule has 2 heterocycles. The van der Waals surface area contributed by atoms with Crippen molar-refractivity contribution >= 4 is 23.5 Å². The monoisotopic (exact) mass is 354 g/mol. The Labute approximate surface area is 151 Å². The largest absolute Gasteiger partial charge is 0.328 e. The number of nitrogens with zero attached hydrogens (tertiary/aromatic N) is 3. The van der Waals surface area contributed by atoms with Gasteiger partial charge in [0.15, 0.2) is 0 Å². The maximum atomic E-state index is 12.7. The van der Waals surface area contributed by atoms with Gasteiger partial charge in [-0.3, -0.25) is 4.79 Å². The van der Waals surface area contributed by atoms with Gasteiger partial charge >= 0.3 is 0 Å². The third-order valence-electron chi connectivity index (χ3n) is 5.01. The lowest BCUT2D eigenvalue weighted by atomic mass is 9.80. The van der Waals surface area contributed by atoms with E-state index >= 15 is 0 Å². The Morgan fingerprint density at radius 1 is 1.28 bits per heavy atom. The minimum Gasteiger partial charge on any atom is -0.328 e. The molecule has 0 bridgehead atoms. The number of carbonyl (C=O) groups is 1. The summed E-state index contributed by atoms with van der Waals surface area (Å²) in [5.74, 6) is 1.27. The molecule has 1 aromatic carbocycles. The van der Waals surface area contributed by atoms with Crippen molar-refractivity contribution in [3.05, 3.63) is 47.2 Å². The smallest absolute Gasteiger partial charge is 0.227 e. The first-order chi connectivity index (χ1) is 12.1. The zero-order valence-corrected chi connectivity index (χ0v) is 15.5. The Morgan fingerprint density at radius 2 is 2.04 bits per heavy atom. The van der Waals surface area contributed by atoms with Crippen LogP contribution in [0, 0.1) is 5.92 Å². The van der Waals surface area contributed by atoms with Crippen LogP contribution >= 0.6 is 11.8 Å². The molecular weight excluding hydrogens is 332 g/mol. The van der Waals surface area contributed by atoms with Crippen LogP contribution in [0.1, 0.15) is 49.8 Å². The Bertz CT molecular complexity index is 838. The fourth-order valence-corrected chi connectivity index (χ4v) is 4.00. The van der Waals surface area contributed by atoms with E-state index in [4.69, 9.17) is 0 Å². The van der Waals surface area contributed by atoms with Gasteiger partial charge in [-0.05, 0) is 29.7 Å². The maximum Gasteiger partial charge on any atom is 0.227 e. The molecule has 0 saturated heterocycles. The van der Waals surface area contributed by atoms with E-state index in [0.717, 1.165) is 28.8 Å². The second-order valence-electron chi connectivity index (χ2n) is 6.90. The Balaban J connectivity index is 1.84. The van der Waals surface area contributed by atoms with E-state index in [2.05, 4.69) is 59.6 Å². The number of aromatic nitrogens is 3. The fourth-order valence-electron chi connectivity index (χ4n) is 3.65. The van der Waals surface area contributed by atoms with Crippen LogP contribution in [0.3, 0.4) is 0 Å². The molecule has 25 heavy (non-hydrogen) atoms. The second kappa shape index (κ2) is 6.33. The van der Waals surface area contributed by atoms with E-state index in [-0.39, 0.29) is 17.7 Å². The van der Waals surface area contributed by atoms with Crippen molar-refractivity contribution in [1.29, 1.82) is 0 Å². The van der Waals surface area contributed by atoms with Crippen LogP contribution in [0.25, 0.3) is 0 Å². The lowest BCUT2D eigenvalue weighted by Gasteiger charge is -2.36. The lowest BCUT2D eigenvalue weighted by Crippen LogP contribution is -2.38. The maximum absolute atomic E-state index is 12.7. The van der Waals surface area contributed by atoms with Gasteiger partial charge in [0.25, 0.3) is 0 Å². The van der Waals surface area contributed by atoms with Crippen LogP contribution < -0.4 is 5.32 Å². The molecule has 0 unspecified atom stereocenters. The van der Waals surface area contributed by atoms with Crippen molar-refractivity contribution in [2.45, 2.75) is 43.8 Å². The molecule has 0 fully saturated rings. The first-order valence-electron chi connectivity index (χ1n) is 8.68. The van der Waals surface area contributed by atoms with Gasteiger partial charge in [-0.15, -0.1) is 5.10 Å². The lowest BCUT2D eigenvalue weighted by molar-refractivity contribution is -0.123. The number of rotatable bonds is 3. The van der Waals surface area contributed by atoms with Gasteiger partial charge in [0.1, 0.15) is 5.78 Å². The molecule has 5 nitrogen and oxygen atoms in total. The molecule has 1 N–H and O–H groups in total. The van der Waals surface area contributed by atoms with Crippen molar-refractivity contribution < 1.29 is 4.79 Å².